The van der Waals surface area contributed by atoms with Crippen molar-refractivity contribution in [3.8, 4) is 0 Å². The van der Waals surface area contributed by atoms with Gasteiger partial charge in [-0.05, 0) is 58.5 Å². The van der Waals surface area contributed by atoms with E-state index < -0.39 is 11.5 Å². The summed E-state index contributed by atoms with van der Waals surface area (Å²) >= 11 is 0. The highest BCUT2D eigenvalue weighted by Crippen LogP contribution is 2.35. The van der Waals surface area contributed by atoms with E-state index >= 15 is 0 Å². The van der Waals surface area contributed by atoms with E-state index in [0.29, 0.717) is 6.42 Å². The SMILES string of the molecule is CNC(C)(CCN1CCC[C@H]2CCCC[C@H]21)C(=O)O. The van der Waals surface area contributed by atoms with Crippen LogP contribution in [0.25, 0.3) is 0 Å². The number of nitrogens with zero attached hydrogens (tertiary/aromatic N) is 1. The summed E-state index contributed by atoms with van der Waals surface area (Å²) in [5, 5.41) is 12.3. The number of aliphatic carboxylic acids is 1. The summed E-state index contributed by atoms with van der Waals surface area (Å²) < 4.78 is 0. The number of carboxylic acid groups (broad SMARTS) is 1. The van der Waals surface area contributed by atoms with Gasteiger partial charge in [-0.25, -0.2) is 0 Å². The molecule has 1 heterocycles. The molecule has 4 nitrogen and oxygen atoms in total. The van der Waals surface area contributed by atoms with Crippen LogP contribution in [0.3, 0.4) is 0 Å². The molecule has 19 heavy (non-hydrogen) atoms. The molecule has 2 rings (SSSR count). The lowest BCUT2D eigenvalue weighted by atomic mass is 9.78. The highest BCUT2D eigenvalue weighted by molar-refractivity contribution is 5.78. The molecule has 110 valence electrons. The van der Waals surface area contributed by atoms with Crippen LogP contribution in [0.15, 0.2) is 0 Å². The Morgan fingerprint density at radius 2 is 2.00 bits per heavy atom. The highest BCUT2D eigenvalue weighted by atomic mass is 16.4. The maximum Gasteiger partial charge on any atom is 0.323 e. The number of hydrogen-bond acceptors (Lipinski definition) is 3. The number of carboxylic acids is 1. The topological polar surface area (TPSA) is 52.6 Å². The van der Waals surface area contributed by atoms with Crippen molar-refractivity contribution in [2.24, 2.45) is 5.92 Å². The molecule has 1 unspecified atom stereocenters. The van der Waals surface area contributed by atoms with Crippen LogP contribution in [0.4, 0.5) is 0 Å². The molecule has 1 aliphatic heterocycles. The standard InChI is InChI=1S/C15H28N2O2/c1-15(16-2,14(18)19)9-11-17-10-5-7-12-6-3-4-8-13(12)17/h12-13,16H,3-11H2,1-2H3,(H,18,19)/t12-,13-,15?/m1/s1. The van der Waals surface area contributed by atoms with Crippen molar-refractivity contribution in [1.29, 1.82) is 0 Å². The van der Waals surface area contributed by atoms with Crippen molar-refractivity contribution >= 4 is 5.97 Å². The number of carbonyl (C=O) groups is 1. The zero-order valence-electron chi connectivity index (χ0n) is 12.3. The van der Waals surface area contributed by atoms with E-state index in [1.807, 2.05) is 0 Å². The summed E-state index contributed by atoms with van der Waals surface area (Å²) in [5.74, 6) is 0.125. The van der Waals surface area contributed by atoms with E-state index in [-0.39, 0.29) is 0 Å². The van der Waals surface area contributed by atoms with Gasteiger partial charge in [-0.15, -0.1) is 0 Å². The van der Waals surface area contributed by atoms with Crippen LogP contribution in [-0.4, -0.2) is 47.7 Å². The van der Waals surface area contributed by atoms with Crippen molar-refractivity contribution in [2.45, 2.75) is 63.5 Å². The van der Waals surface area contributed by atoms with E-state index in [9.17, 15) is 9.90 Å². The summed E-state index contributed by atoms with van der Waals surface area (Å²) in [7, 11) is 1.74. The molecule has 2 N–H and O–H groups in total. The maximum absolute atomic E-state index is 11.3. The Balaban J connectivity index is 1.92. The van der Waals surface area contributed by atoms with Gasteiger partial charge in [-0.2, -0.15) is 0 Å². The van der Waals surface area contributed by atoms with E-state index in [1.54, 1.807) is 14.0 Å². The average molecular weight is 268 g/mol. The van der Waals surface area contributed by atoms with Crippen LogP contribution in [0.2, 0.25) is 0 Å². The van der Waals surface area contributed by atoms with Gasteiger partial charge in [0.1, 0.15) is 5.54 Å². The van der Waals surface area contributed by atoms with Crippen molar-refractivity contribution < 1.29 is 9.90 Å². The van der Waals surface area contributed by atoms with E-state index in [2.05, 4.69) is 10.2 Å². The van der Waals surface area contributed by atoms with Gasteiger partial charge in [0.05, 0.1) is 0 Å². The third-order valence-corrected chi connectivity index (χ3v) is 5.28. The molecule has 0 bridgehead atoms. The summed E-state index contributed by atoms with van der Waals surface area (Å²) in [6.07, 6.45) is 8.77. The molecule has 1 aliphatic carbocycles. The number of fused-ring (bicyclic) bond motifs is 1. The fraction of sp³-hybridized carbons (Fsp3) is 0.933. The number of likely N-dealkylation sites (N-methyl/N-ethyl adjacent to an activating group) is 1. The lowest BCUT2D eigenvalue weighted by Crippen LogP contribution is -2.53. The first-order valence-electron chi connectivity index (χ1n) is 7.73. The molecular weight excluding hydrogens is 240 g/mol. The van der Waals surface area contributed by atoms with E-state index in [4.69, 9.17) is 0 Å². The van der Waals surface area contributed by atoms with Crippen LogP contribution in [-0.2, 0) is 4.79 Å². The molecule has 1 saturated carbocycles. The first kappa shape index (κ1) is 14.8. The molecule has 4 heteroatoms. The van der Waals surface area contributed by atoms with Crippen LogP contribution in [0, 0.1) is 5.92 Å². The molecule has 0 amide bonds. The van der Waals surface area contributed by atoms with E-state index in [1.165, 1.54) is 38.5 Å². The Morgan fingerprint density at radius 3 is 2.68 bits per heavy atom. The predicted octanol–water partition coefficient (Wildman–Crippen LogP) is 2.09. The maximum atomic E-state index is 11.3. The van der Waals surface area contributed by atoms with Gasteiger partial charge in [0.25, 0.3) is 0 Å². The molecular formula is C15H28N2O2. The number of likely N-dealkylation sites (tertiary alicyclic amines) is 1. The molecule has 0 spiro atoms. The highest BCUT2D eigenvalue weighted by Gasteiger charge is 2.36. The fourth-order valence-corrected chi connectivity index (χ4v) is 3.71. The predicted molar refractivity (Wildman–Crippen MR) is 76.3 cm³/mol. The fourth-order valence-electron chi connectivity index (χ4n) is 3.71. The second kappa shape index (κ2) is 6.23. The molecule has 0 radical (unpaired) electrons. The van der Waals surface area contributed by atoms with Gasteiger partial charge in [0, 0.05) is 12.6 Å². The smallest absolute Gasteiger partial charge is 0.323 e. The number of nitrogens with one attached hydrogen (secondary N) is 1. The van der Waals surface area contributed by atoms with Crippen LogP contribution < -0.4 is 5.32 Å². The largest absolute Gasteiger partial charge is 0.480 e. The van der Waals surface area contributed by atoms with Crippen molar-refractivity contribution in [1.82, 2.24) is 10.2 Å². The Bertz CT molecular complexity index is 319. The first-order valence-corrected chi connectivity index (χ1v) is 7.73. The summed E-state index contributed by atoms with van der Waals surface area (Å²) in [5.41, 5.74) is -0.790. The molecule has 0 aromatic rings. The lowest BCUT2D eigenvalue weighted by molar-refractivity contribution is -0.144. The minimum atomic E-state index is -0.790. The lowest BCUT2D eigenvalue weighted by Gasteiger charge is -2.45. The second-order valence-electron chi connectivity index (χ2n) is 6.43. The van der Waals surface area contributed by atoms with Gasteiger partial charge in [0.2, 0.25) is 0 Å². The third kappa shape index (κ3) is 3.29. The normalized spacial score (nSPS) is 31.5. The summed E-state index contributed by atoms with van der Waals surface area (Å²) in [6, 6.07) is 0.720. The van der Waals surface area contributed by atoms with Crippen LogP contribution >= 0.6 is 0 Å². The molecule has 0 aromatic carbocycles. The molecule has 1 saturated heterocycles. The van der Waals surface area contributed by atoms with Crippen molar-refractivity contribution in [3.05, 3.63) is 0 Å². The summed E-state index contributed by atoms with van der Waals surface area (Å²) in [4.78, 5) is 13.9. The monoisotopic (exact) mass is 268 g/mol. The van der Waals surface area contributed by atoms with Gasteiger partial charge >= 0.3 is 5.97 Å². The van der Waals surface area contributed by atoms with Crippen molar-refractivity contribution in [3.63, 3.8) is 0 Å². The average Bonchev–Trinajstić information content (AvgIpc) is 2.44. The van der Waals surface area contributed by atoms with Gasteiger partial charge < -0.3 is 15.3 Å². The quantitative estimate of drug-likeness (QED) is 0.801. The second-order valence-corrected chi connectivity index (χ2v) is 6.43. The van der Waals surface area contributed by atoms with Crippen molar-refractivity contribution in [2.75, 3.05) is 20.1 Å². The molecule has 0 aromatic heterocycles. The minimum absolute atomic E-state index is 0.683. The van der Waals surface area contributed by atoms with Crippen LogP contribution in [0.1, 0.15) is 51.9 Å². The molecule has 3 atom stereocenters. The van der Waals surface area contributed by atoms with Gasteiger partial charge in [0.15, 0.2) is 0 Å². The first-order chi connectivity index (χ1) is 9.07. The van der Waals surface area contributed by atoms with Gasteiger partial charge in [-0.1, -0.05) is 12.8 Å². The zero-order chi connectivity index (χ0) is 13.9. The minimum Gasteiger partial charge on any atom is -0.480 e. The van der Waals surface area contributed by atoms with E-state index in [0.717, 1.165) is 25.0 Å². The molecule has 2 fully saturated rings. The number of piperidine rings is 1. The Kier molecular flexibility index (Phi) is 4.85. The number of rotatable bonds is 5. The Hall–Kier alpha value is -0.610. The molecule has 2 aliphatic rings. The number of hydrogen-bond donors (Lipinski definition) is 2. The Labute approximate surface area is 116 Å². The van der Waals surface area contributed by atoms with Crippen LogP contribution in [0.5, 0.6) is 0 Å². The third-order valence-electron chi connectivity index (χ3n) is 5.28. The zero-order valence-corrected chi connectivity index (χ0v) is 12.3. The Morgan fingerprint density at radius 1 is 1.32 bits per heavy atom. The van der Waals surface area contributed by atoms with Gasteiger partial charge in [-0.3, -0.25) is 4.79 Å². The summed E-state index contributed by atoms with van der Waals surface area (Å²) in [6.45, 7) is 3.85.